The van der Waals surface area contributed by atoms with E-state index in [-0.39, 0.29) is 18.9 Å². The standard InChI is InChI=1S/C17H27N3O5/c1-11(2)25-17(24)14(8-7-13(21)10-19-18)20-16(23)15(22)9-12-5-3-4-6-12/h10-12,14-15,22H,3-9H2,1-2H3,(H,20,23)/t14-,15-/m0/s1. The quantitative estimate of drug-likeness (QED) is 0.262. The molecule has 0 aromatic heterocycles. The van der Waals surface area contributed by atoms with Crippen molar-refractivity contribution in [3.05, 3.63) is 5.53 Å². The topological polar surface area (TPSA) is 129 Å². The van der Waals surface area contributed by atoms with Gasteiger partial charge in [-0.2, -0.15) is 4.79 Å². The molecule has 0 heterocycles. The van der Waals surface area contributed by atoms with Gasteiger partial charge in [0.05, 0.1) is 6.10 Å². The molecular formula is C17H27N3O5. The third-order valence-corrected chi connectivity index (χ3v) is 4.17. The highest BCUT2D eigenvalue weighted by Crippen LogP contribution is 2.28. The zero-order valence-electron chi connectivity index (χ0n) is 14.8. The monoisotopic (exact) mass is 353 g/mol. The molecular weight excluding hydrogens is 326 g/mol. The predicted octanol–water partition coefficient (Wildman–Crippen LogP) is 1.01. The summed E-state index contributed by atoms with van der Waals surface area (Å²) in [4.78, 5) is 38.3. The van der Waals surface area contributed by atoms with E-state index in [0.29, 0.717) is 12.3 Å². The fourth-order valence-corrected chi connectivity index (χ4v) is 2.92. The van der Waals surface area contributed by atoms with E-state index in [1.54, 1.807) is 13.8 Å². The largest absolute Gasteiger partial charge is 0.461 e. The minimum Gasteiger partial charge on any atom is -0.461 e. The van der Waals surface area contributed by atoms with Crippen molar-refractivity contribution in [2.75, 3.05) is 0 Å². The van der Waals surface area contributed by atoms with Gasteiger partial charge in [-0.1, -0.05) is 25.7 Å². The summed E-state index contributed by atoms with van der Waals surface area (Å²) in [6, 6.07) is -1.04. The molecule has 2 atom stereocenters. The summed E-state index contributed by atoms with van der Waals surface area (Å²) in [5.74, 6) is -1.46. The van der Waals surface area contributed by atoms with Gasteiger partial charge in [0.2, 0.25) is 11.7 Å². The van der Waals surface area contributed by atoms with Crippen molar-refractivity contribution in [3.63, 3.8) is 0 Å². The molecule has 0 radical (unpaired) electrons. The summed E-state index contributed by atoms with van der Waals surface area (Å²) in [7, 11) is 0. The van der Waals surface area contributed by atoms with Gasteiger partial charge in [-0.25, -0.2) is 4.79 Å². The van der Waals surface area contributed by atoms with Gasteiger partial charge in [0.15, 0.2) is 0 Å². The minimum atomic E-state index is -1.19. The molecule has 0 unspecified atom stereocenters. The number of ketones is 1. The van der Waals surface area contributed by atoms with Crippen molar-refractivity contribution in [2.24, 2.45) is 5.92 Å². The maximum atomic E-state index is 12.2. The Balaban J connectivity index is 2.62. The lowest BCUT2D eigenvalue weighted by atomic mass is 9.99. The molecule has 0 bridgehead atoms. The van der Waals surface area contributed by atoms with E-state index in [9.17, 15) is 19.5 Å². The fourth-order valence-electron chi connectivity index (χ4n) is 2.92. The molecule has 8 heteroatoms. The zero-order valence-corrected chi connectivity index (χ0v) is 14.8. The Morgan fingerprint density at radius 1 is 1.32 bits per heavy atom. The van der Waals surface area contributed by atoms with Gasteiger partial charge in [0.25, 0.3) is 0 Å². The Labute approximate surface area is 147 Å². The number of carbonyl (C=O) groups is 3. The van der Waals surface area contributed by atoms with E-state index < -0.39 is 29.8 Å². The Morgan fingerprint density at radius 2 is 1.96 bits per heavy atom. The van der Waals surface area contributed by atoms with Crippen LogP contribution in [0.4, 0.5) is 0 Å². The lowest BCUT2D eigenvalue weighted by molar-refractivity contribution is -0.152. The Bertz CT molecular complexity index is 522. The molecule has 1 saturated carbocycles. The number of nitrogens with zero attached hydrogens (tertiary/aromatic N) is 2. The van der Waals surface area contributed by atoms with Gasteiger partial charge >= 0.3 is 12.2 Å². The summed E-state index contributed by atoms with van der Waals surface area (Å²) in [6.07, 6.45) is 3.66. The van der Waals surface area contributed by atoms with Crippen LogP contribution in [0.5, 0.6) is 0 Å². The van der Waals surface area contributed by atoms with Gasteiger partial charge in [0.1, 0.15) is 12.1 Å². The summed E-state index contributed by atoms with van der Waals surface area (Å²) >= 11 is 0. The van der Waals surface area contributed by atoms with Gasteiger partial charge < -0.3 is 20.7 Å². The molecule has 0 aliphatic heterocycles. The van der Waals surface area contributed by atoms with Crippen LogP contribution < -0.4 is 5.32 Å². The van der Waals surface area contributed by atoms with Crippen LogP contribution in [0.3, 0.4) is 0 Å². The summed E-state index contributed by atoms with van der Waals surface area (Å²) in [5.41, 5.74) is 8.34. The molecule has 0 aromatic rings. The summed E-state index contributed by atoms with van der Waals surface area (Å²) < 4.78 is 5.09. The maximum absolute atomic E-state index is 12.2. The van der Waals surface area contributed by atoms with Gasteiger partial charge in [-0.05, 0) is 32.6 Å². The first kappa shape index (κ1) is 21.0. The number of Topliss-reactive ketones (excluding diaryl/α,β-unsaturated/α-hetero) is 1. The van der Waals surface area contributed by atoms with Crippen molar-refractivity contribution < 1.29 is 29.0 Å². The second-order valence-corrected chi connectivity index (χ2v) is 6.70. The van der Waals surface area contributed by atoms with Crippen LogP contribution in [-0.4, -0.2) is 52.0 Å². The number of ether oxygens (including phenoxy) is 1. The number of aliphatic hydroxyl groups is 1. The van der Waals surface area contributed by atoms with Crippen LogP contribution in [0.2, 0.25) is 0 Å². The van der Waals surface area contributed by atoms with Crippen LogP contribution in [0, 0.1) is 5.92 Å². The van der Waals surface area contributed by atoms with E-state index >= 15 is 0 Å². The normalized spacial score (nSPS) is 16.8. The van der Waals surface area contributed by atoms with Crippen LogP contribution >= 0.6 is 0 Å². The lowest BCUT2D eigenvalue weighted by Gasteiger charge is -2.21. The van der Waals surface area contributed by atoms with E-state index in [4.69, 9.17) is 10.3 Å². The Morgan fingerprint density at radius 3 is 2.52 bits per heavy atom. The van der Waals surface area contributed by atoms with Crippen molar-refractivity contribution >= 4 is 23.9 Å². The fraction of sp³-hybridized carbons (Fsp3) is 0.765. The zero-order chi connectivity index (χ0) is 18.8. The van der Waals surface area contributed by atoms with E-state index in [1.807, 2.05) is 0 Å². The number of hydrogen-bond acceptors (Lipinski definition) is 5. The van der Waals surface area contributed by atoms with Gasteiger partial charge in [-0.3, -0.25) is 9.59 Å². The van der Waals surface area contributed by atoms with Crippen LogP contribution in [0.1, 0.15) is 58.8 Å². The minimum absolute atomic E-state index is 0.00169. The molecule has 0 spiro atoms. The van der Waals surface area contributed by atoms with Crippen LogP contribution in [-0.2, 0) is 19.1 Å². The second kappa shape index (κ2) is 10.7. The molecule has 1 amide bonds. The predicted molar refractivity (Wildman–Crippen MR) is 89.7 cm³/mol. The van der Waals surface area contributed by atoms with Crippen molar-refractivity contribution in [1.82, 2.24) is 5.32 Å². The third-order valence-electron chi connectivity index (χ3n) is 4.17. The number of rotatable bonds is 10. The molecule has 25 heavy (non-hydrogen) atoms. The molecule has 0 saturated heterocycles. The number of aliphatic hydroxyl groups excluding tert-OH is 1. The first-order chi connectivity index (χ1) is 11.8. The second-order valence-electron chi connectivity index (χ2n) is 6.70. The number of carbonyl (C=O) groups excluding carboxylic acids is 3. The molecule has 0 aromatic carbocycles. The van der Waals surface area contributed by atoms with E-state index in [0.717, 1.165) is 31.9 Å². The molecule has 1 aliphatic rings. The number of esters is 1. The lowest BCUT2D eigenvalue weighted by Crippen LogP contribution is -2.47. The third kappa shape index (κ3) is 8.05. The van der Waals surface area contributed by atoms with E-state index in [2.05, 4.69) is 10.1 Å². The highest BCUT2D eigenvalue weighted by Gasteiger charge is 2.29. The van der Waals surface area contributed by atoms with Gasteiger partial charge in [-0.15, -0.1) is 0 Å². The molecule has 1 fully saturated rings. The van der Waals surface area contributed by atoms with E-state index in [1.165, 1.54) is 0 Å². The summed E-state index contributed by atoms with van der Waals surface area (Å²) in [5, 5.41) is 12.5. The first-order valence-electron chi connectivity index (χ1n) is 8.72. The molecule has 8 nitrogen and oxygen atoms in total. The van der Waals surface area contributed by atoms with Gasteiger partial charge in [0, 0.05) is 6.42 Å². The first-order valence-corrected chi connectivity index (χ1v) is 8.72. The van der Waals surface area contributed by atoms with Crippen LogP contribution in [0.15, 0.2) is 0 Å². The average Bonchev–Trinajstić information content (AvgIpc) is 3.03. The van der Waals surface area contributed by atoms with Crippen molar-refractivity contribution in [2.45, 2.75) is 77.0 Å². The highest BCUT2D eigenvalue weighted by molar-refractivity contribution is 6.25. The average molecular weight is 353 g/mol. The number of amides is 1. The highest BCUT2D eigenvalue weighted by atomic mass is 16.5. The maximum Gasteiger partial charge on any atom is 0.328 e. The number of nitrogens with one attached hydrogen (secondary N) is 1. The summed E-state index contributed by atoms with van der Waals surface area (Å²) in [6.45, 7) is 3.35. The molecule has 1 aliphatic carbocycles. The SMILES string of the molecule is CC(C)OC(=O)[C@H](CCC(=O)C=[N+]=[N-])NC(=O)[C@@H](O)CC1CCCC1. The molecule has 2 N–H and O–H groups in total. The van der Waals surface area contributed by atoms with Crippen molar-refractivity contribution in [3.8, 4) is 0 Å². The number of hydrogen-bond donors (Lipinski definition) is 2. The smallest absolute Gasteiger partial charge is 0.328 e. The van der Waals surface area contributed by atoms with Crippen molar-refractivity contribution in [1.29, 1.82) is 0 Å². The Kier molecular flexibility index (Phi) is 9.02. The van der Waals surface area contributed by atoms with Crippen LogP contribution in [0.25, 0.3) is 5.53 Å². The molecule has 1 rings (SSSR count). The molecule has 140 valence electrons. The Hall–Kier alpha value is -2.05.